The highest BCUT2D eigenvalue weighted by atomic mass is 16.5. The normalized spacial score (nSPS) is 28.9. The molecule has 1 aromatic heterocycles. The van der Waals surface area contributed by atoms with Gasteiger partial charge in [0.1, 0.15) is 0 Å². The number of ether oxygens (including phenoxy) is 1. The van der Waals surface area contributed by atoms with Gasteiger partial charge in [0, 0.05) is 6.07 Å². The highest BCUT2D eigenvalue weighted by Crippen LogP contribution is 2.39. The van der Waals surface area contributed by atoms with Crippen molar-refractivity contribution in [1.82, 2.24) is 15.6 Å². The van der Waals surface area contributed by atoms with Crippen LogP contribution in [0.5, 0.6) is 5.88 Å². The minimum Gasteiger partial charge on any atom is -0.480 e. The molecule has 1 aliphatic carbocycles. The van der Waals surface area contributed by atoms with Gasteiger partial charge in [0.2, 0.25) is 5.88 Å². The van der Waals surface area contributed by atoms with Crippen LogP contribution in [0.2, 0.25) is 0 Å². The number of aromatic nitrogens is 2. The molecule has 1 aromatic rings. The van der Waals surface area contributed by atoms with E-state index in [-0.39, 0.29) is 6.04 Å². The number of methoxy groups -OCH3 is 1. The minimum absolute atomic E-state index is 0.0728. The second-order valence-corrected chi connectivity index (χ2v) is 5.82. The van der Waals surface area contributed by atoms with E-state index in [4.69, 9.17) is 10.6 Å². The van der Waals surface area contributed by atoms with Gasteiger partial charge in [0.05, 0.1) is 18.8 Å². The highest BCUT2D eigenvalue weighted by Gasteiger charge is 2.31. The topological polar surface area (TPSA) is 73.1 Å². The molecule has 0 spiro atoms. The van der Waals surface area contributed by atoms with Crippen LogP contribution < -0.4 is 16.0 Å². The van der Waals surface area contributed by atoms with E-state index in [0.717, 1.165) is 17.5 Å². The molecule has 106 valence electrons. The van der Waals surface area contributed by atoms with Gasteiger partial charge in [-0.2, -0.15) is 5.10 Å². The Morgan fingerprint density at radius 1 is 1.21 bits per heavy atom. The molecule has 1 fully saturated rings. The molecular formula is C14H24N4O. The molecule has 0 radical (unpaired) electrons. The van der Waals surface area contributed by atoms with Gasteiger partial charge in [-0.05, 0) is 43.1 Å². The maximum atomic E-state index is 5.75. The van der Waals surface area contributed by atoms with Crippen molar-refractivity contribution in [1.29, 1.82) is 0 Å². The lowest BCUT2D eigenvalue weighted by Crippen LogP contribution is -2.37. The summed E-state index contributed by atoms with van der Waals surface area (Å²) >= 11 is 0. The Kier molecular flexibility index (Phi) is 4.71. The predicted octanol–water partition coefficient (Wildman–Crippen LogP) is 2.06. The number of hydrogen-bond acceptors (Lipinski definition) is 5. The summed E-state index contributed by atoms with van der Waals surface area (Å²) in [7, 11) is 1.59. The van der Waals surface area contributed by atoms with Gasteiger partial charge in [0.15, 0.2) is 0 Å². The van der Waals surface area contributed by atoms with Gasteiger partial charge < -0.3 is 4.74 Å². The van der Waals surface area contributed by atoms with Crippen LogP contribution in [0.3, 0.4) is 0 Å². The maximum absolute atomic E-state index is 5.75. The van der Waals surface area contributed by atoms with E-state index in [0.29, 0.717) is 11.8 Å². The number of nitrogens with zero attached hydrogens (tertiary/aromatic N) is 2. The Hall–Kier alpha value is -1.20. The Labute approximate surface area is 114 Å². The molecule has 0 aliphatic heterocycles. The van der Waals surface area contributed by atoms with Crippen LogP contribution in [0.15, 0.2) is 12.1 Å². The lowest BCUT2D eigenvalue weighted by Gasteiger charge is -2.35. The summed E-state index contributed by atoms with van der Waals surface area (Å²) < 4.78 is 5.04. The van der Waals surface area contributed by atoms with Crippen LogP contribution in [0.4, 0.5) is 0 Å². The molecule has 0 amide bonds. The fraction of sp³-hybridized carbons (Fsp3) is 0.714. The average Bonchev–Trinajstić information content (AvgIpc) is 2.39. The van der Waals surface area contributed by atoms with Crippen LogP contribution in [-0.4, -0.2) is 17.3 Å². The summed E-state index contributed by atoms with van der Waals surface area (Å²) in [4.78, 5) is 0. The van der Waals surface area contributed by atoms with Gasteiger partial charge in [-0.25, -0.2) is 0 Å². The smallest absolute Gasteiger partial charge is 0.233 e. The molecule has 2 rings (SSSR count). The van der Waals surface area contributed by atoms with Crippen molar-refractivity contribution in [2.75, 3.05) is 7.11 Å². The van der Waals surface area contributed by atoms with Crippen LogP contribution in [0, 0.1) is 17.8 Å². The summed E-state index contributed by atoms with van der Waals surface area (Å²) in [6.45, 7) is 4.63. The SMILES string of the molecule is COc1ccc(C(NN)C2CC(C)CC(C)C2)nn1. The quantitative estimate of drug-likeness (QED) is 0.643. The molecule has 1 saturated carbocycles. The molecule has 1 aliphatic rings. The minimum atomic E-state index is 0.0728. The standard InChI is InChI=1S/C14H24N4O/c1-9-6-10(2)8-11(7-9)14(16-15)12-4-5-13(19-3)18-17-12/h4-5,9-11,14,16H,6-8,15H2,1-3H3. The Balaban J connectivity index is 2.13. The van der Waals surface area contributed by atoms with Crippen LogP contribution in [-0.2, 0) is 0 Å². The Bertz CT molecular complexity index is 385. The predicted molar refractivity (Wildman–Crippen MR) is 74.3 cm³/mol. The number of hydrazine groups is 1. The number of nitrogens with one attached hydrogen (secondary N) is 1. The molecule has 3 N–H and O–H groups in total. The van der Waals surface area contributed by atoms with Crippen molar-refractivity contribution in [2.24, 2.45) is 23.6 Å². The van der Waals surface area contributed by atoms with E-state index < -0.39 is 0 Å². The first-order valence-electron chi connectivity index (χ1n) is 6.97. The first-order valence-corrected chi connectivity index (χ1v) is 6.97. The lowest BCUT2D eigenvalue weighted by molar-refractivity contribution is 0.174. The summed E-state index contributed by atoms with van der Waals surface area (Å²) in [5.74, 6) is 8.29. The molecule has 3 unspecified atom stereocenters. The zero-order chi connectivity index (χ0) is 13.8. The summed E-state index contributed by atoms with van der Waals surface area (Å²) in [5.41, 5.74) is 3.82. The van der Waals surface area contributed by atoms with Crippen molar-refractivity contribution in [3.8, 4) is 5.88 Å². The monoisotopic (exact) mass is 264 g/mol. The fourth-order valence-electron chi connectivity index (χ4n) is 3.35. The van der Waals surface area contributed by atoms with Gasteiger partial charge >= 0.3 is 0 Å². The van der Waals surface area contributed by atoms with Crippen molar-refractivity contribution in [3.05, 3.63) is 17.8 Å². The van der Waals surface area contributed by atoms with Gasteiger partial charge in [-0.15, -0.1) is 5.10 Å². The van der Waals surface area contributed by atoms with Gasteiger partial charge in [0.25, 0.3) is 0 Å². The second kappa shape index (κ2) is 6.30. The second-order valence-electron chi connectivity index (χ2n) is 5.82. The Morgan fingerprint density at radius 2 is 1.89 bits per heavy atom. The summed E-state index contributed by atoms with van der Waals surface area (Å²) in [5, 5.41) is 8.26. The third-order valence-corrected chi connectivity index (χ3v) is 4.05. The molecule has 19 heavy (non-hydrogen) atoms. The van der Waals surface area contributed by atoms with E-state index in [1.54, 1.807) is 7.11 Å². The van der Waals surface area contributed by atoms with E-state index >= 15 is 0 Å². The molecule has 5 heteroatoms. The first-order chi connectivity index (χ1) is 9.13. The molecule has 0 bridgehead atoms. The van der Waals surface area contributed by atoms with Crippen molar-refractivity contribution >= 4 is 0 Å². The zero-order valence-corrected chi connectivity index (χ0v) is 12.0. The summed E-state index contributed by atoms with van der Waals surface area (Å²) in [6.07, 6.45) is 3.68. The molecule has 5 nitrogen and oxygen atoms in total. The van der Waals surface area contributed by atoms with E-state index in [9.17, 15) is 0 Å². The molecular weight excluding hydrogens is 240 g/mol. The molecule has 0 saturated heterocycles. The van der Waals surface area contributed by atoms with Gasteiger partial charge in [-0.3, -0.25) is 11.3 Å². The Morgan fingerprint density at radius 3 is 2.37 bits per heavy atom. The average molecular weight is 264 g/mol. The van der Waals surface area contributed by atoms with E-state index in [2.05, 4.69) is 29.5 Å². The highest BCUT2D eigenvalue weighted by molar-refractivity contribution is 5.15. The van der Waals surface area contributed by atoms with Crippen LogP contribution >= 0.6 is 0 Å². The summed E-state index contributed by atoms with van der Waals surface area (Å²) in [6, 6.07) is 3.85. The number of rotatable bonds is 4. The number of hydrogen-bond donors (Lipinski definition) is 2. The fourth-order valence-corrected chi connectivity index (χ4v) is 3.35. The third-order valence-electron chi connectivity index (χ3n) is 4.05. The van der Waals surface area contributed by atoms with Crippen molar-refractivity contribution < 1.29 is 4.74 Å². The van der Waals surface area contributed by atoms with Crippen molar-refractivity contribution in [2.45, 2.75) is 39.2 Å². The van der Waals surface area contributed by atoms with Crippen LogP contribution in [0.1, 0.15) is 44.8 Å². The molecule has 3 atom stereocenters. The lowest BCUT2D eigenvalue weighted by atomic mass is 9.73. The molecule has 1 heterocycles. The largest absolute Gasteiger partial charge is 0.480 e. The zero-order valence-electron chi connectivity index (χ0n) is 12.0. The van der Waals surface area contributed by atoms with E-state index in [1.165, 1.54) is 19.3 Å². The van der Waals surface area contributed by atoms with E-state index in [1.807, 2.05) is 12.1 Å². The third kappa shape index (κ3) is 3.42. The number of nitrogens with two attached hydrogens (primary N) is 1. The first kappa shape index (κ1) is 14.2. The maximum Gasteiger partial charge on any atom is 0.233 e. The van der Waals surface area contributed by atoms with Gasteiger partial charge in [-0.1, -0.05) is 13.8 Å². The van der Waals surface area contributed by atoms with Crippen LogP contribution in [0.25, 0.3) is 0 Å². The molecule has 0 aromatic carbocycles. The van der Waals surface area contributed by atoms with Crippen molar-refractivity contribution in [3.63, 3.8) is 0 Å².